The van der Waals surface area contributed by atoms with Gasteiger partial charge in [0, 0.05) is 32.1 Å². The Hall–Kier alpha value is -1.91. The van der Waals surface area contributed by atoms with Crippen LogP contribution < -0.4 is 5.32 Å². The van der Waals surface area contributed by atoms with Crippen molar-refractivity contribution >= 4 is 5.82 Å². The number of nitrogens with one attached hydrogen (secondary N) is 1. The quantitative estimate of drug-likeness (QED) is 0.901. The summed E-state index contributed by atoms with van der Waals surface area (Å²) >= 11 is 0. The van der Waals surface area contributed by atoms with Crippen LogP contribution in [0.3, 0.4) is 0 Å². The summed E-state index contributed by atoms with van der Waals surface area (Å²) in [6.07, 6.45) is 1.95. The van der Waals surface area contributed by atoms with E-state index in [1.54, 1.807) is 4.68 Å². The van der Waals surface area contributed by atoms with Crippen molar-refractivity contribution in [1.29, 1.82) is 0 Å². The van der Waals surface area contributed by atoms with Crippen molar-refractivity contribution in [2.45, 2.75) is 26.7 Å². The molecule has 0 bridgehead atoms. The topological polar surface area (TPSA) is 55.6 Å². The van der Waals surface area contributed by atoms with E-state index in [0.29, 0.717) is 5.92 Å². The lowest BCUT2D eigenvalue weighted by Gasteiger charge is -2.09. The molecule has 5 nitrogen and oxygen atoms in total. The zero-order valence-corrected chi connectivity index (χ0v) is 11.5. The van der Waals surface area contributed by atoms with Crippen LogP contribution in [0.2, 0.25) is 0 Å². The van der Waals surface area contributed by atoms with Gasteiger partial charge < -0.3 is 5.32 Å². The Morgan fingerprint density at radius 1 is 1.28 bits per heavy atom. The Labute approximate surface area is 107 Å². The van der Waals surface area contributed by atoms with Crippen LogP contribution in [0, 0.1) is 6.92 Å². The van der Waals surface area contributed by atoms with Gasteiger partial charge in [-0.1, -0.05) is 13.8 Å². The Kier molecular flexibility index (Phi) is 3.32. The fourth-order valence-corrected chi connectivity index (χ4v) is 1.83. The van der Waals surface area contributed by atoms with Gasteiger partial charge in [-0.3, -0.25) is 4.68 Å². The van der Waals surface area contributed by atoms with Crippen LogP contribution in [0.1, 0.15) is 31.2 Å². The molecular formula is C13H19N5. The molecule has 18 heavy (non-hydrogen) atoms. The van der Waals surface area contributed by atoms with E-state index in [-0.39, 0.29) is 0 Å². The smallest absolute Gasteiger partial charge is 0.165 e. The molecule has 2 heterocycles. The number of aryl methyl sites for hydroxylation is 2. The van der Waals surface area contributed by atoms with Gasteiger partial charge in [0.2, 0.25) is 0 Å². The number of nitrogens with zero attached hydrogens (tertiary/aromatic N) is 4. The third kappa shape index (κ3) is 2.34. The number of hydrogen-bond acceptors (Lipinski definition) is 4. The summed E-state index contributed by atoms with van der Waals surface area (Å²) in [6.45, 7) is 6.23. The van der Waals surface area contributed by atoms with Crippen LogP contribution in [0.5, 0.6) is 0 Å². The maximum atomic E-state index is 4.62. The molecule has 0 unspecified atom stereocenters. The van der Waals surface area contributed by atoms with Gasteiger partial charge in [-0.25, -0.2) is 9.97 Å². The van der Waals surface area contributed by atoms with Crippen molar-refractivity contribution in [3.63, 3.8) is 0 Å². The largest absolute Gasteiger partial charge is 0.373 e. The molecule has 96 valence electrons. The van der Waals surface area contributed by atoms with Gasteiger partial charge in [-0.05, 0) is 12.8 Å². The van der Waals surface area contributed by atoms with Crippen molar-refractivity contribution in [2.75, 3.05) is 12.4 Å². The Balaban J connectivity index is 2.56. The van der Waals surface area contributed by atoms with E-state index >= 15 is 0 Å². The fourth-order valence-electron chi connectivity index (χ4n) is 1.83. The lowest BCUT2D eigenvalue weighted by Crippen LogP contribution is -2.02. The summed E-state index contributed by atoms with van der Waals surface area (Å²) < 4.78 is 1.79. The third-order valence-electron chi connectivity index (χ3n) is 2.85. The highest BCUT2D eigenvalue weighted by Crippen LogP contribution is 2.23. The molecule has 0 aliphatic rings. The van der Waals surface area contributed by atoms with E-state index in [0.717, 1.165) is 28.6 Å². The van der Waals surface area contributed by atoms with Crippen LogP contribution in [0.4, 0.5) is 5.82 Å². The highest BCUT2D eigenvalue weighted by molar-refractivity contribution is 5.59. The predicted molar refractivity (Wildman–Crippen MR) is 72.6 cm³/mol. The molecule has 0 saturated heterocycles. The van der Waals surface area contributed by atoms with Crippen LogP contribution >= 0.6 is 0 Å². The van der Waals surface area contributed by atoms with Gasteiger partial charge >= 0.3 is 0 Å². The minimum Gasteiger partial charge on any atom is -0.373 e. The van der Waals surface area contributed by atoms with E-state index < -0.39 is 0 Å². The lowest BCUT2D eigenvalue weighted by atomic mass is 10.1. The molecule has 5 heteroatoms. The molecule has 2 aromatic heterocycles. The van der Waals surface area contributed by atoms with Gasteiger partial charge in [0.05, 0.1) is 11.3 Å². The predicted octanol–water partition coefficient (Wildman–Crippen LogP) is 2.35. The number of anilines is 1. The highest BCUT2D eigenvalue weighted by Gasteiger charge is 2.12. The summed E-state index contributed by atoms with van der Waals surface area (Å²) in [6, 6.07) is 1.99. The van der Waals surface area contributed by atoms with E-state index in [4.69, 9.17) is 0 Å². The molecular weight excluding hydrogens is 226 g/mol. The average molecular weight is 245 g/mol. The van der Waals surface area contributed by atoms with Gasteiger partial charge in [0.15, 0.2) is 5.82 Å². The second kappa shape index (κ2) is 4.76. The minimum absolute atomic E-state index is 0.371. The van der Waals surface area contributed by atoms with E-state index in [9.17, 15) is 0 Å². The first-order chi connectivity index (χ1) is 8.51. The van der Waals surface area contributed by atoms with Gasteiger partial charge in [-0.2, -0.15) is 5.10 Å². The van der Waals surface area contributed by atoms with Crippen LogP contribution in [-0.2, 0) is 7.05 Å². The molecule has 2 aromatic rings. The van der Waals surface area contributed by atoms with Crippen molar-refractivity contribution < 1.29 is 0 Å². The first kappa shape index (κ1) is 12.5. The maximum Gasteiger partial charge on any atom is 0.165 e. The first-order valence-electron chi connectivity index (χ1n) is 6.08. The molecule has 0 aromatic carbocycles. The Morgan fingerprint density at radius 2 is 2.00 bits per heavy atom. The SMILES string of the molecule is CNc1cc(C(C)C)nc(-c2cn(C)nc2C)n1. The fraction of sp³-hybridized carbons (Fsp3) is 0.462. The Morgan fingerprint density at radius 3 is 2.50 bits per heavy atom. The van der Waals surface area contributed by atoms with Crippen molar-refractivity contribution in [2.24, 2.45) is 7.05 Å². The van der Waals surface area contributed by atoms with Gasteiger partial charge in [0.1, 0.15) is 5.82 Å². The zero-order valence-electron chi connectivity index (χ0n) is 11.5. The number of hydrogen-bond donors (Lipinski definition) is 1. The molecule has 0 aliphatic carbocycles. The molecule has 0 amide bonds. The summed E-state index contributed by atoms with van der Waals surface area (Å²) in [5.41, 5.74) is 2.96. The Bertz CT molecular complexity index is 557. The van der Waals surface area contributed by atoms with Crippen LogP contribution in [-0.4, -0.2) is 26.8 Å². The molecule has 0 aliphatic heterocycles. The molecule has 0 atom stereocenters. The molecule has 0 saturated carbocycles. The van der Waals surface area contributed by atoms with Crippen molar-refractivity contribution in [1.82, 2.24) is 19.7 Å². The second-order valence-corrected chi connectivity index (χ2v) is 4.71. The molecule has 1 N–H and O–H groups in total. The maximum absolute atomic E-state index is 4.62. The van der Waals surface area contributed by atoms with E-state index in [1.165, 1.54) is 0 Å². The van der Waals surface area contributed by atoms with Gasteiger partial charge in [0.25, 0.3) is 0 Å². The van der Waals surface area contributed by atoms with E-state index in [2.05, 4.69) is 34.2 Å². The first-order valence-corrected chi connectivity index (χ1v) is 6.08. The van der Waals surface area contributed by atoms with Crippen LogP contribution in [0.15, 0.2) is 12.3 Å². The van der Waals surface area contributed by atoms with Gasteiger partial charge in [-0.15, -0.1) is 0 Å². The summed E-state index contributed by atoms with van der Waals surface area (Å²) in [4.78, 5) is 9.12. The normalized spacial score (nSPS) is 11.0. The molecule has 0 radical (unpaired) electrons. The average Bonchev–Trinajstić information content (AvgIpc) is 2.67. The molecule has 0 fully saturated rings. The lowest BCUT2D eigenvalue weighted by molar-refractivity contribution is 0.756. The number of rotatable bonds is 3. The van der Waals surface area contributed by atoms with Crippen molar-refractivity contribution in [3.8, 4) is 11.4 Å². The summed E-state index contributed by atoms with van der Waals surface area (Å²) in [5.74, 6) is 1.94. The van der Waals surface area contributed by atoms with Crippen LogP contribution in [0.25, 0.3) is 11.4 Å². The summed E-state index contributed by atoms with van der Waals surface area (Å²) in [7, 11) is 3.77. The molecule has 2 rings (SSSR count). The van der Waals surface area contributed by atoms with E-state index in [1.807, 2.05) is 33.3 Å². The zero-order chi connectivity index (χ0) is 13.3. The summed E-state index contributed by atoms with van der Waals surface area (Å²) in [5, 5.41) is 7.41. The van der Waals surface area contributed by atoms with Crippen molar-refractivity contribution in [3.05, 3.63) is 23.7 Å². The number of aromatic nitrogens is 4. The second-order valence-electron chi connectivity index (χ2n) is 4.71. The third-order valence-corrected chi connectivity index (χ3v) is 2.85. The highest BCUT2D eigenvalue weighted by atomic mass is 15.3. The monoisotopic (exact) mass is 245 g/mol. The minimum atomic E-state index is 0.371. The standard InChI is InChI=1S/C13H19N5/c1-8(2)11-6-12(14-4)16-13(15-11)10-7-18(5)17-9(10)3/h6-8H,1-5H3,(H,14,15,16). The molecule has 0 spiro atoms.